The fourth-order valence-electron chi connectivity index (χ4n) is 1.14. The summed E-state index contributed by atoms with van der Waals surface area (Å²) < 4.78 is 15.4. The molecule has 0 aromatic heterocycles. The minimum Gasteiger partial charge on any atom is -0.620 e. The first-order valence-corrected chi connectivity index (χ1v) is 7.75. The zero-order valence-corrected chi connectivity index (χ0v) is 13.5. The summed E-state index contributed by atoms with van der Waals surface area (Å²) in [6.45, 7) is 6.01. The Morgan fingerprint density at radius 1 is 1.25 bits per heavy atom. The molecule has 0 atom stereocenters. The largest absolute Gasteiger partial charge is 1.00 e. The maximum atomic E-state index is 10.4. The van der Waals surface area contributed by atoms with E-state index in [0.717, 1.165) is 18.1 Å². The van der Waals surface area contributed by atoms with Gasteiger partial charge in [-0.2, -0.15) is 0 Å². The van der Waals surface area contributed by atoms with Crippen LogP contribution in [0.3, 0.4) is 0 Å². The first-order valence-electron chi connectivity index (χ1n) is 4.00. The maximum absolute atomic E-state index is 10.4. The minimum atomic E-state index is -2.97. The molecule has 0 aromatic rings. The van der Waals surface area contributed by atoms with Crippen LogP contribution in [-0.2, 0) is 8.58 Å². The fraction of sp³-hybridized carbons (Fsp3) is 1.00. The average molecular weight is 230 g/mol. The van der Waals surface area contributed by atoms with E-state index in [1.165, 1.54) is 0 Å². The van der Waals surface area contributed by atoms with Gasteiger partial charge in [0.1, 0.15) is 8.32 Å². The summed E-state index contributed by atoms with van der Waals surface area (Å²) in [7, 11) is -4.83. The van der Waals surface area contributed by atoms with Gasteiger partial charge in [-0.1, -0.05) is 20.8 Å². The van der Waals surface area contributed by atoms with Gasteiger partial charge in [-0.3, -0.25) is 0 Å². The molecule has 0 amide bonds. The van der Waals surface area contributed by atoms with Crippen molar-refractivity contribution in [3.05, 3.63) is 0 Å². The molecule has 3 nitrogen and oxygen atoms in total. The second-order valence-electron chi connectivity index (χ2n) is 2.60. The van der Waals surface area contributed by atoms with Crippen LogP contribution >= 0.6 is 0 Å². The second kappa shape index (κ2) is 7.84. The van der Waals surface area contributed by atoms with Crippen molar-refractivity contribution in [2.75, 3.05) is 0 Å². The van der Waals surface area contributed by atoms with Crippen LogP contribution in [0.4, 0.5) is 0 Å². The van der Waals surface area contributed by atoms with Gasteiger partial charge in [0.15, 0.2) is 0 Å². The molecule has 6 heteroatoms. The molecular formula is C6H15KO3Si2. The van der Waals surface area contributed by atoms with E-state index in [1.807, 2.05) is 20.8 Å². The van der Waals surface area contributed by atoms with Crippen molar-refractivity contribution in [2.45, 2.75) is 38.9 Å². The summed E-state index contributed by atoms with van der Waals surface area (Å²) in [6, 6.07) is 2.66. The van der Waals surface area contributed by atoms with Crippen molar-refractivity contribution in [1.29, 1.82) is 0 Å². The third-order valence-corrected chi connectivity index (χ3v) is 8.50. The molecule has 0 saturated heterocycles. The van der Waals surface area contributed by atoms with Crippen LogP contribution in [0.5, 0.6) is 0 Å². The van der Waals surface area contributed by atoms with E-state index in [9.17, 15) is 9.26 Å². The predicted molar refractivity (Wildman–Crippen MR) is 44.7 cm³/mol. The molecule has 0 radical (unpaired) electrons. The Balaban J connectivity index is 0. The van der Waals surface area contributed by atoms with E-state index in [4.69, 9.17) is 4.12 Å². The fourth-order valence-corrected chi connectivity index (χ4v) is 5.79. The molecule has 0 unspecified atom stereocenters. The Hall–Kier alpha value is 1.47. The van der Waals surface area contributed by atoms with Gasteiger partial charge in [0.25, 0.3) is 0 Å². The molecule has 0 fully saturated rings. The minimum absolute atomic E-state index is 0. The molecule has 0 saturated carbocycles. The van der Waals surface area contributed by atoms with Gasteiger partial charge in [0.2, 0.25) is 0 Å². The molecule has 0 aliphatic rings. The molecule has 12 heavy (non-hydrogen) atoms. The Kier molecular flexibility index (Phi) is 10.4. The van der Waals surface area contributed by atoms with Crippen LogP contribution in [-0.4, -0.2) is 17.5 Å². The van der Waals surface area contributed by atoms with Gasteiger partial charge in [0.05, 0.1) is 0 Å². The molecule has 0 aromatic carbocycles. The van der Waals surface area contributed by atoms with E-state index in [0.29, 0.717) is 0 Å². The third kappa shape index (κ3) is 5.25. The van der Waals surface area contributed by atoms with Gasteiger partial charge in [-0.05, 0) is 18.1 Å². The van der Waals surface area contributed by atoms with Crippen LogP contribution in [0, 0.1) is 0 Å². The van der Waals surface area contributed by atoms with Crippen LogP contribution in [0.15, 0.2) is 0 Å². The van der Waals surface area contributed by atoms with E-state index in [1.54, 1.807) is 0 Å². The van der Waals surface area contributed by atoms with Crippen molar-refractivity contribution in [1.82, 2.24) is 0 Å². The van der Waals surface area contributed by atoms with Gasteiger partial charge in [-0.25, -0.2) is 0 Å². The molecule has 0 heterocycles. The number of hydrogen-bond donors (Lipinski definition) is 0. The Morgan fingerprint density at radius 3 is 1.67 bits per heavy atom. The van der Waals surface area contributed by atoms with Crippen LogP contribution in [0.2, 0.25) is 18.1 Å². The first kappa shape index (κ1) is 15.9. The quantitative estimate of drug-likeness (QED) is 0.503. The van der Waals surface area contributed by atoms with Crippen molar-refractivity contribution in [2.24, 2.45) is 0 Å². The van der Waals surface area contributed by atoms with E-state index < -0.39 is 17.5 Å². The standard InChI is InChI=1S/C6H15O3Si2.K/c1-4-11(5-2,6-3)9-10(7)8;/h4-6H2,1-3H3;/q-1;+1. The Labute approximate surface area is 119 Å². The maximum Gasteiger partial charge on any atom is 1.00 e. The topological polar surface area (TPSA) is 49.4 Å². The summed E-state index contributed by atoms with van der Waals surface area (Å²) in [6.07, 6.45) is 0. The molecule has 0 N–H and O–H groups in total. The van der Waals surface area contributed by atoms with E-state index in [2.05, 4.69) is 0 Å². The zero-order chi connectivity index (χ0) is 8.91. The van der Waals surface area contributed by atoms with Gasteiger partial charge in [-0.15, -0.1) is 0 Å². The van der Waals surface area contributed by atoms with Gasteiger partial charge < -0.3 is 13.4 Å². The molecule has 0 aliphatic carbocycles. The summed E-state index contributed by atoms with van der Waals surface area (Å²) in [5, 5.41) is 0. The Morgan fingerprint density at radius 2 is 1.58 bits per heavy atom. The van der Waals surface area contributed by atoms with Crippen molar-refractivity contribution < 1.29 is 64.8 Å². The monoisotopic (exact) mass is 230 g/mol. The molecule has 0 bridgehead atoms. The SMILES string of the molecule is CC[Si](CC)(CC)O[Si](=O)[O-].[K+]. The molecule has 0 rings (SSSR count). The third-order valence-electron chi connectivity index (χ3n) is 2.23. The van der Waals surface area contributed by atoms with Crippen LogP contribution in [0.25, 0.3) is 0 Å². The van der Waals surface area contributed by atoms with Crippen molar-refractivity contribution >= 4 is 17.5 Å². The van der Waals surface area contributed by atoms with Gasteiger partial charge >= 0.3 is 60.6 Å². The van der Waals surface area contributed by atoms with Crippen molar-refractivity contribution in [3.8, 4) is 0 Å². The summed E-state index contributed by atoms with van der Waals surface area (Å²) in [4.78, 5) is 10.4. The summed E-state index contributed by atoms with van der Waals surface area (Å²) in [5.74, 6) is 0. The normalized spacial score (nSPS) is 10.2. The predicted octanol–water partition coefficient (Wildman–Crippen LogP) is -2.21. The zero-order valence-electron chi connectivity index (χ0n) is 8.35. The summed E-state index contributed by atoms with van der Waals surface area (Å²) in [5.41, 5.74) is 0. The molecular weight excluding hydrogens is 215 g/mol. The second-order valence-corrected chi connectivity index (χ2v) is 8.40. The average Bonchev–Trinajstić information content (AvgIpc) is 2.00. The van der Waals surface area contributed by atoms with E-state index in [-0.39, 0.29) is 51.4 Å². The molecule has 0 spiro atoms. The molecule has 0 aliphatic heterocycles. The van der Waals surface area contributed by atoms with Crippen LogP contribution < -0.4 is 56.2 Å². The van der Waals surface area contributed by atoms with Gasteiger partial charge in [0, 0.05) is 0 Å². The number of hydrogen-bond acceptors (Lipinski definition) is 3. The molecule has 66 valence electrons. The Bertz CT molecular complexity index is 130. The first-order chi connectivity index (χ1) is 5.10. The van der Waals surface area contributed by atoms with Crippen molar-refractivity contribution in [3.63, 3.8) is 0 Å². The van der Waals surface area contributed by atoms with Crippen LogP contribution in [0.1, 0.15) is 20.8 Å². The van der Waals surface area contributed by atoms with E-state index >= 15 is 0 Å². The smallest absolute Gasteiger partial charge is 0.620 e. The summed E-state index contributed by atoms with van der Waals surface area (Å²) >= 11 is 0. The number of rotatable bonds is 5.